The van der Waals surface area contributed by atoms with E-state index in [1.165, 1.54) is 19.1 Å². The molecule has 0 heterocycles. The fourth-order valence-corrected chi connectivity index (χ4v) is 3.85. The van der Waals surface area contributed by atoms with Gasteiger partial charge in [0.2, 0.25) is 10.0 Å². The van der Waals surface area contributed by atoms with Gasteiger partial charge in [-0.25, -0.2) is 13.1 Å². The second-order valence-electron chi connectivity index (χ2n) is 6.46. The summed E-state index contributed by atoms with van der Waals surface area (Å²) in [6.45, 7) is 3.19. The number of rotatable bonds is 6. The number of ketones is 1. The Morgan fingerprint density at radius 1 is 1.08 bits per heavy atom. The van der Waals surface area contributed by atoms with Crippen molar-refractivity contribution in [3.63, 3.8) is 0 Å². The van der Waals surface area contributed by atoms with Crippen LogP contribution in [0.4, 0.5) is 5.69 Å². The first-order valence-corrected chi connectivity index (χ1v) is 9.80. The molecule has 0 spiro atoms. The summed E-state index contributed by atoms with van der Waals surface area (Å²) in [4.78, 5) is 24.2. The fraction of sp³-hybridized carbons (Fsp3) is 0.263. The molecule has 0 saturated heterocycles. The first-order valence-electron chi connectivity index (χ1n) is 8.31. The summed E-state index contributed by atoms with van der Waals surface area (Å²) in [7, 11) is -3.64. The van der Waals surface area contributed by atoms with Crippen LogP contribution in [0.3, 0.4) is 0 Å². The summed E-state index contributed by atoms with van der Waals surface area (Å²) in [5.41, 5.74) is 1.91. The van der Waals surface area contributed by atoms with Crippen LogP contribution in [-0.4, -0.2) is 26.2 Å². The summed E-state index contributed by atoms with van der Waals surface area (Å²) in [6.07, 6.45) is 1.68. The van der Waals surface area contributed by atoms with Crippen molar-refractivity contribution in [3.05, 3.63) is 59.2 Å². The van der Waals surface area contributed by atoms with Crippen LogP contribution in [-0.2, 0) is 10.0 Å². The second kappa shape index (κ2) is 7.01. The van der Waals surface area contributed by atoms with Crippen molar-refractivity contribution in [1.29, 1.82) is 0 Å². The van der Waals surface area contributed by atoms with E-state index in [9.17, 15) is 18.0 Å². The minimum atomic E-state index is -3.64. The van der Waals surface area contributed by atoms with Gasteiger partial charge in [-0.1, -0.05) is 18.2 Å². The van der Waals surface area contributed by atoms with E-state index in [2.05, 4.69) is 10.0 Å². The Bertz CT molecular complexity index is 979. The third-order valence-corrected chi connectivity index (χ3v) is 5.71. The van der Waals surface area contributed by atoms with Crippen molar-refractivity contribution in [1.82, 2.24) is 4.72 Å². The Morgan fingerprint density at radius 2 is 1.81 bits per heavy atom. The minimum absolute atomic E-state index is 0.00657. The molecule has 0 aromatic heterocycles. The zero-order chi connectivity index (χ0) is 18.9. The van der Waals surface area contributed by atoms with Crippen molar-refractivity contribution < 1.29 is 18.0 Å². The van der Waals surface area contributed by atoms with Crippen molar-refractivity contribution >= 4 is 27.4 Å². The molecule has 6 nitrogen and oxygen atoms in total. The Morgan fingerprint density at radius 3 is 2.46 bits per heavy atom. The van der Waals surface area contributed by atoms with Gasteiger partial charge in [-0.05, 0) is 56.5 Å². The lowest BCUT2D eigenvalue weighted by Gasteiger charge is -2.11. The van der Waals surface area contributed by atoms with Gasteiger partial charge in [-0.15, -0.1) is 0 Å². The predicted molar refractivity (Wildman–Crippen MR) is 98.9 cm³/mol. The first kappa shape index (κ1) is 18.3. The van der Waals surface area contributed by atoms with Gasteiger partial charge in [-0.2, -0.15) is 0 Å². The largest absolute Gasteiger partial charge is 0.322 e. The Balaban J connectivity index is 1.86. The fourth-order valence-electron chi connectivity index (χ4n) is 2.52. The number of Topliss-reactive ketones (excluding diaryl/α,β-unsaturated/α-hetero) is 1. The molecular formula is C19H20N2O4S. The molecule has 0 bridgehead atoms. The molecule has 1 aliphatic rings. The molecule has 26 heavy (non-hydrogen) atoms. The Hall–Kier alpha value is -2.51. The van der Waals surface area contributed by atoms with E-state index in [0.717, 1.165) is 12.8 Å². The van der Waals surface area contributed by atoms with Gasteiger partial charge >= 0.3 is 0 Å². The van der Waals surface area contributed by atoms with Crippen LogP contribution >= 0.6 is 0 Å². The average molecular weight is 372 g/mol. The van der Waals surface area contributed by atoms with E-state index in [0.29, 0.717) is 16.8 Å². The number of carbonyl (C=O) groups excluding carboxylic acids is 2. The van der Waals surface area contributed by atoms with Gasteiger partial charge in [0.25, 0.3) is 5.91 Å². The van der Waals surface area contributed by atoms with Gasteiger partial charge in [0.15, 0.2) is 5.78 Å². The molecule has 1 saturated carbocycles. The van der Waals surface area contributed by atoms with Crippen LogP contribution < -0.4 is 10.0 Å². The molecule has 1 fully saturated rings. The summed E-state index contributed by atoms with van der Waals surface area (Å²) < 4.78 is 27.3. The van der Waals surface area contributed by atoms with E-state index in [1.54, 1.807) is 37.3 Å². The number of benzene rings is 2. The lowest BCUT2D eigenvalue weighted by Crippen LogP contribution is -2.26. The maximum atomic E-state index is 12.6. The maximum Gasteiger partial charge on any atom is 0.255 e. The van der Waals surface area contributed by atoms with E-state index >= 15 is 0 Å². The molecule has 3 rings (SSSR count). The molecule has 0 unspecified atom stereocenters. The lowest BCUT2D eigenvalue weighted by atomic mass is 10.1. The van der Waals surface area contributed by atoms with Crippen LogP contribution in [0.15, 0.2) is 47.4 Å². The highest BCUT2D eigenvalue weighted by Gasteiger charge is 2.28. The van der Waals surface area contributed by atoms with E-state index < -0.39 is 15.9 Å². The Kier molecular flexibility index (Phi) is 4.93. The molecular weight excluding hydrogens is 352 g/mol. The van der Waals surface area contributed by atoms with Crippen molar-refractivity contribution in [2.45, 2.75) is 37.6 Å². The molecule has 0 radical (unpaired) electrons. The number of aryl methyl sites for hydroxylation is 1. The molecule has 0 aliphatic heterocycles. The number of hydrogen-bond acceptors (Lipinski definition) is 4. The lowest BCUT2D eigenvalue weighted by molar-refractivity contribution is 0.101. The van der Waals surface area contributed by atoms with Gasteiger partial charge in [0, 0.05) is 22.9 Å². The van der Waals surface area contributed by atoms with Crippen LogP contribution in [0.2, 0.25) is 0 Å². The highest BCUT2D eigenvalue weighted by atomic mass is 32.2. The smallest absolute Gasteiger partial charge is 0.255 e. The molecule has 2 aromatic carbocycles. The number of hydrogen-bond donors (Lipinski definition) is 2. The Labute approximate surface area is 152 Å². The van der Waals surface area contributed by atoms with Crippen molar-refractivity contribution in [2.75, 3.05) is 5.32 Å². The zero-order valence-corrected chi connectivity index (χ0v) is 15.4. The van der Waals surface area contributed by atoms with Crippen molar-refractivity contribution in [2.24, 2.45) is 0 Å². The summed E-state index contributed by atoms with van der Waals surface area (Å²) in [6, 6.07) is 11.1. The molecule has 2 N–H and O–H groups in total. The monoisotopic (exact) mass is 372 g/mol. The standard InChI is InChI=1S/C19H20N2O4S/c1-12-6-9-17(26(24,25)21-15-7-8-15)11-18(12)19(23)20-16-5-3-4-14(10-16)13(2)22/h3-6,9-11,15,21H,7-8H2,1-2H3,(H,20,23). The quantitative estimate of drug-likeness (QED) is 0.763. The van der Waals surface area contributed by atoms with Gasteiger partial charge in [0.05, 0.1) is 4.90 Å². The summed E-state index contributed by atoms with van der Waals surface area (Å²) in [5, 5.41) is 2.72. The third kappa shape index (κ3) is 4.17. The van der Waals surface area contributed by atoms with E-state index in [1.807, 2.05) is 0 Å². The number of nitrogens with one attached hydrogen (secondary N) is 2. The molecule has 1 aliphatic carbocycles. The van der Waals surface area contributed by atoms with Crippen LogP contribution in [0.1, 0.15) is 46.0 Å². The topological polar surface area (TPSA) is 92.3 Å². The molecule has 0 atom stereocenters. The highest BCUT2D eigenvalue weighted by molar-refractivity contribution is 7.89. The first-order chi connectivity index (χ1) is 12.3. The number of carbonyl (C=O) groups is 2. The zero-order valence-electron chi connectivity index (χ0n) is 14.6. The maximum absolute atomic E-state index is 12.6. The minimum Gasteiger partial charge on any atom is -0.322 e. The van der Waals surface area contributed by atoms with Crippen LogP contribution in [0.5, 0.6) is 0 Å². The van der Waals surface area contributed by atoms with Gasteiger partial charge in [-0.3, -0.25) is 9.59 Å². The van der Waals surface area contributed by atoms with Crippen LogP contribution in [0.25, 0.3) is 0 Å². The summed E-state index contributed by atoms with van der Waals surface area (Å²) >= 11 is 0. The van der Waals surface area contributed by atoms with E-state index in [-0.39, 0.29) is 22.3 Å². The summed E-state index contributed by atoms with van der Waals surface area (Å²) in [5.74, 6) is -0.525. The number of sulfonamides is 1. The average Bonchev–Trinajstić information content (AvgIpc) is 3.38. The molecule has 1 amide bonds. The van der Waals surface area contributed by atoms with Gasteiger partial charge < -0.3 is 5.32 Å². The van der Waals surface area contributed by atoms with Gasteiger partial charge in [0.1, 0.15) is 0 Å². The highest BCUT2D eigenvalue weighted by Crippen LogP contribution is 2.23. The molecule has 136 valence electrons. The molecule has 7 heteroatoms. The predicted octanol–water partition coefficient (Wildman–Crippen LogP) is 2.89. The second-order valence-corrected chi connectivity index (χ2v) is 8.18. The number of amides is 1. The van der Waals surface area contributed by atoms with Crippen molar-refractivity contribution in [3.8, 4) is 0 Å². The van der Waals surface area contributed by atoms with E-state index in [4.69, 9.17) is 0 Å². The molecule has 2 aromatic rings. The SMILES string of the molecule is CC(=O)c1cccc(NC(=O)c2cc(S(=O)(=O)NC3CC3)ccc2C)c1. The number of anilines is 1. The normalized spacial score (nSPS) is 14.1. The third-order valence-electron chi connectivity index (χ3n) is 4.19. The van der Waals surface area contributed by atoms with Crippen LogP contribution in [0, 0.1) is 6.92 Å².